The molecule has 0 spiro atoms. The Morgan fingerprint density at radius 1 is 1.41 bits per heavy atom. The fourth-order valence-electron chi connectivity index (χ4n) is 1.53. The van der Waals surface area contributed by atoms with Crippen molar-refractivity contribution >= 4 is 5.91 Å². The number of nitriles is 1. The molecule has 0 aliphatic carbocycles. The van der Waals surface area contributed by atoms with Gasteiger partial charge in [0.1, 0.15) is 0 Å². The molecule has 0 aliphatic rings. The lowest BCUT2D eigenvalue weighted by Gasteiger charge is -2.33. The molecule has 0 aliphatic heterocycles. The van der Waals surface area contributed by atoms with Gasteiger partial charge in [-0.3, -0.25) is 9.69 Å². The van der Waals surface area contributed by atoms with E-state index in [-0.39, 0.29) is 30.1 Å². The van der Waals surface area contributed by atoms with Gasteiger partial charge in [0.05, 0.1) is 18.7 Å². The second-order valence-electron chi connectivity index (χ2n) is 5.33. The molecule has 0 rings (SSSR count). The molecule has 0 aromatic heterocycles. The molecule has 0 aromatic carbocycles. The van der Waals surface area contributed by atoms with Crippen LogP contribution >= 0.6 is 0 Å². The lowest BCUT2D eigenvalue weighted by atomic mass is 10.0. The Labute approximate surface area is 105 Å². The summed E-state index contributed by atoms with van der Waals surface area (Å²) < 4.78 is 0. The number of nitrogens with one attached hydrogen (secondary N) is 1. The molecule has 98 valence electrons. The number of carbonyl (C=O) groups is 1. The Morgan fingerprint density at radius 2 is 1.94 bits per heavy atom. The Hall–Kier alpha value is -1.08. The molecule has 0 fully saturated rings. The minimum absolute atomic E-state index is 0.0131. The topological polar surface area (TPSA) is 56.1 Å². The van der Waals surface area contributed by atoms with Crippen LogP contribution in [0.3, 0.4) is 0 Å². The van der Waals surface area contributed by atoms with E-state index in [0.717, 1.165) is 6.42 Å². The van der Waals surface area contributed by atoms with Gasteiger partial charge < -0.3 is 5.32 Å². The first-order valence-electron chi connectivity index (χ1n) is 6.20. The van der Waals surface area contributed by atoms with Gasteiger partial charge in [-0.05, 0) is 41.0 Å². The van der Waals surface area contributed by atoms with Gasteiger partial charge in [0.15, 0.2) is 0 Å². The summed E-state index contributed by atoms with van der Waals surface area (Å²) in [4.78, 5) is 14.0. The molecule has 4 nitrogen and oxygen atoms in total. The molecular weight excluding hydrogens is 214 g/mol. The maximum absolute atomic E-state index is 12.1. The normalized spacial score (nSPS) is 13.6. The van der Waals surface area contributed by atoms with Crippen molar-refractivity contribution in [1.82, 2.24) is 10.2 Å². The van der Waals surface area contributed by atoms with E-state index in [0.29, 0.717) is 0 Å². The van der Waals surface area contributed by atoms with E-state index in [2.05, 4.69) is 11.4 Å². The third kappa shape index (κ3) is 5.18. The van der Waals surface area contributed by atoms with Crippen LogP contribution in [-0.4, -0.2) is 35.0 Å². The fraction of sp³-hybridized carbons (Fsp3) is 0.846. The van der Waals surface area contributed by atoms with Crippen molar-refractivity contribution in [3.05, 3.63) is 0 Å². The summed E-state index contributed by atoms with van der Waals surface area (Å²) in [6, 6.07) is 2.01. The minimum atomic E-state index is -0.277. The number of hydrogen-bond donors (Lipinski definition) is 1. The first-order chi connectivity index (χ1) is 7.75. The van der Waals surface area contributed by atoms with Crippen LogP contribution in [0.1, 0.15) is 48.0 Å². The van der Waals surface area contributed by atoms with Crippen LogP contribution in [-0.2, 0) is 4.79 Å². The standard InChI is InChI=1S/C13H25N3O/c1-7-13(5,6)15-12(17)11(4)16(9-8-14)10(2)3/h10-11H,7,9H2,1-6H3,(H,15,17). The van der Waals surface area contributed by atoms with Gasteiger partial charge >= 0.3 is 0 Å². The Kier molecular flexibility index (Phi) is 6.19. The monoisotopic (exact) mass is 239 g/mol. The van der Waals surface area contributed by atoms with E-state index in [1.165, 1.54) is 0 Å². The fourth-order valence-corrected chi connectivity index (χ4v) is 1.53. The predicted molar refractivity (Wildman–Crippen MR) is 69.4 cm³/mol. The molecule has 17 heavy (non-hydrogen) atoms. The quantitative estimate of drug-likeness (QED) is 0.720. The van der Waals surface area contributed by atoms with Crippen molar-refractivity contribution in [2.75, 3.05) is 6.54 Å². The van der Waals surface area contributed by atoms with Crippen LogP contribution in [0.25, 0.3) is 0 Å². The molecule has 0 aromatic rings. The molecule has 0 saturated carbocycles. The van der Waals surface area contributed by atoms with Gasteiger partial charge in [-0.15, -0.1) is 0 Å². The van der Waals surface area contributed by atoms with Crippen LogP contribution in [0, 0.1) is 11.3 Å². The Bertz CT molecular complexity index is 292. The molecule has 1 amide bonds. The molecular formula is C13H25N3O. The number of nitrogens with zero attached hydrogens (tertiary/aromatic N) is 2. The van der Waals surface area contributed by atoms with E-state index < -0.39 is 0 Å². The third-order valence-corrected chi connectivity index (χ3v) is 3.14. The van der Waals surface area contributed by atoms with Crippen LogP contribution in [0.4, 0.5) is 0 Å². The average molecular weight is 239 g/mol. The summed E-state index contributed by atoms with van der Waals surface area (Å²) in [5, 5.41) is 11.8. The molecule has 1 unspecified atom stereocenters. The molecule has 0 heterocycles. The molecule has 0 radical (unpaired) electrons. The van der Waals surface area contributed by atoms with E-state index in [1.807, 2.05) is 46.4 Å². The van der Waals surface area contributed by atoms with Crippen molar-refractivity contribution in [3.63, 3.8) is 0 Å². The lowest BCUT2D eigenvalue weighted by Crippen LogP contribution is -2.53. The second kappa shape index (κ2) is 6.61. The molecule has 4 heteroatoms. The highest BCUT2D eigenvalue weighted by molar-refractivity contribution is 5.82. The molecule has 1 N–H and O–H groups in total. The van der Waals surface area contributed by atoms with Crippen LogP contribution in [0.2, 0.25) is 0 Å². The van der Waals surface area contributed by atoms with Crippen molar-refractivity contribution in [1.29, 1.82) is 5.26 Å². The number of carbonyl (C=O) groups excluding carboxylic acids is 1. The van der Waals surface area contributed by atoms with Gasteiger partial charge in [0.25, 0.3) is 0 Å². The van der Waals surface area contributed by atoms with Crippen LogP contribution in [0.5, 0.6) is 0 Å². The van der Waals surface area contributed by atoms with Crippen LogP contribution in [0.15, 0.2) is 0 Å². The minimum Gasteiger partial charge on any atom is -0.350 e. The largest absolute Gasteiger partial charge is 0.350 e. The zero-order valence-corrected chi connectivity index (χ0v) is 11.9. The highest BCUT2D eigenvalue weighted by Gasteiger charge is 2.27. The van der Waals surface area contributed by atoms with Gasteiger partial charge in [0, 0.05) is 11.6 Å². The maximum atomic E-state index is 12.1. The summed E-state index contributed by atoms with van der Waals surface area (Å²) in [5.41, 5.74) is -0.194. The molecule has 0 bridgehead atoms. The van der Waals surface area contributed by atoms with E-state index in [9.17, 15) is 4.79 Å². The van der Waals surface area contributed by atoms with Gasteiger partial charge in [-0.1, -0.05) is 6.92 Å². The average Bonchev–Trinajstić information content (AvgIpc) is 2.24. The Morgan fingerprint density at radius 3 is 2.29 bits per heavy atom. The number of amides is 1. The van der Waals surface area contributed by atoms with Crippen molar-refractivity contribution in [3.8, 4) is 6.07 Å². The summed E-state index contributed by atoms with van der Waals surface area (Å²) >= 11 is 0. The van der Waals surface area contributed by atoms with Gasteiger partial charge in [0.2, 0.25) is 5.91 Å². The molecule has 0 saturated heterocycles. The van der Waals surface area contributed by atoms with Gasteiger partial charge in [-0.2, -0.15) is 5.26 Å². The van der Waals surface area contributed by atoms with Crippen LogP contribution < -0.4 is 5.32 Å². The summed E-state index contributed by atoms with van der Waals surface area (Å²) in [6.45, 7) is 12.2. The highest BCUT2D eigenvalue weighted by atomic mass is 16.2. The highest BCUT2D eigenvalue weighted by Crippen LogP contribution is 2.10. The smallest absolute Gasteiger partial charge is 0.237 e. The summed E-state index contributed by atoms with van der Waals surface area (Å²) in [5.74, 6) is -0.0131. The second-order valence-corrected chi connectivity index (χ2v) is 5.33. The van der Waals surface area contributed by atoms with E-state index >= 15 is 0 Å². The predicted octanol–water partition coefficient (Wildman–Crippen LogP) is 1.91. The van der Waals surface area contributed by atoms with E-state index in [1.54, 1.807) is 0 Å². The Balaban J connectivity index is 4.62. The third-order valence-electron chi connectivity index (χ3n) is 3.14. The maximum Gasteiger partial charge on any atom is 0.237 e. The SMILES string of the molecule is CCC(C)(C)NC(=O)C(C)N(CC#N)C(C)C. The van der Waals surface area contributed by atoms with Crippen molar-refractivity contribution in [2.24, 2.45) is 0 Å². The zero-order valence-electron chi connectivity index (χ0n) is 11.9. The van der Waals surface area contributed by atoms with E-state index in [4.69, 9.17) is 5.26 Å². The zero-order chi connectivity index (χ0) is 13.6. The summed E-state index contributed by atoms with van der Waals surface area (Å²) in [7, 11) is 0. The first kappa shape index (κ1) is 15.9. The first-order valence-corrected chi connectivity index (χ1v) is 6.20. The molecule has 1 atom stereocenters. The number of rotatable bonds is 6. The lowest BCUT2D eigenvalue weighted by molar-refractivity contribution is -0.128. The van der Waals surface area contributed by atoms with Gasteiger partial charge in [-0.25, -0.2) is 0 Å². The van der Waals surface area contributed by atoms with Crippen molar-refractivity contribution in [2.45, 2.75) is 65.6 Å². The number of hydrogen-bond acceptors (Lipinski definition) is 3. The van der Waals surface area contributed by atoms with Crippen molar-refractivity contribution < 1.29 is 4.79 Å². The summed E-state index contributed by atoms with van der Waals surface area (Å²) in [6.07, 6.45) is 0.880.